The highest BCUT2D eigenvalue weighted by Gasteiger charge is 2.30. The second-order valence-corrected chi connectivity index (χ2v) is 4.87. The molecular formula is C15H10F3N3O2. The molecule has 0 spiro atoms. The standard InChI is InChI=1S/C15H10F3N3O2/c16-15(17,18)9-2-1-3-10(7-9)19-14(23)21-11-5-4-8-6-12(11)20-13(8)22/h1-7H,(H,20,22)(H2,19,21,23). The van der Waals surface area contributed by atoms with E-state index in [4.69, 9.17) is 0 Å². The summed E-state index contributed by atoms with van der Waals surface area (Å²) < 4.78 is 37.9. The Hall–Kier alpha value is -3.03. The fraction of sp³-hybridized carbons (Fsp3) is 0.0667. The predicted octanol–water partition coefficient (Wildman–Crippen LogP) is 3.92. The summed E-state index contributed by atoms with van der Waals surface area (Å²) in [6, 6.07) is 8.23. The van der Waals surface area contributed by atoms with E-state index in [9.17, 15) is 22.8 Å². The SMILES string of the molecule is O=C(Nc1cccc(C(F)(F)F)c1)Nc1ccc2cc1NC2=O. The third-order valence-electron chi connectivity index (χ3n) is 3.23. The number of carbonyl (C=O) groups is 2. The van der Waals surface area contributed by atoms with Crippen molar-refractivity contribution in [2.75, 3.05) is 16.0 Å². The molecule has 5 nitrogen and oxygen atoms in total. The summed E-state index contributed by atoms with van der Waals surface area (Å²) in [5.41, 5.74) is 0.416. The van der Waals surface area contributed by atoms with Gasteiger partial charge in [-0.25, -0.2) is 4.79 Å². The molecule has 1 aliphatic rings. The van der Waals surface area contributed by atoms with E-state index in [0.29, 0.717) is 16.9 Å². The Kier molecular flexibility index (Phi) is 3.44. The highest BCUT2D eigenvalue weighted by Crippen LogP contribution is 2.31. The monoisotopic (exact) mass is 321 g/mol. The van der Waals surface area contributed by atoms with Gasteiger partial charge in [0.1, 0.15) is 0 Å². The van der Waals surface area contributed by atoms with Crippen molar-refractivity contribution in [3.8, 4) is 0 Å². The summed E-state index contributed by atoms with van der Waals surface area (Å²) in [5.74, 6) is -0.272. The van der Waals surface area contributed by atoms with Gasteiger partial charge in [0.15, 0.2) is 0 Å². The van der Waals surface area contributed by atoms with E-state index in [-0.39, 0.29) is 11.6 Å². The summed E-state index contributed by atoms with van der Waals surface area (Å²) in [7, 11) is 0. The van der Waals surface area contributed by atoms with E-state index in [2.05, 4.69) is 16.0 Å². The number of halogens is 3. The van der Waals surface area contributed by atoms with Gasteiger partial charge in [-0.05, 0) is 36.4 Å². The Labute approximate surface area is 128 Å². The minimum Gasteiger partial charge on any atom is -0.320 e. The molecule has 0 radical (unpaired) electrons. The molecule has 3 amide bonds. The van der Waals surface area contributed by atoms with Crippen LogP contribution >= 0.6 is 0 Å². The second-order valence-electron chi connectivity index (χ2n) is 4.87. The van der Waals surface area contributed by atoms with Gasteiger partial charge in [0.2, 0.25) is 0 Å². The molecule has 0 aliphatic carbocycles. The lowest BCUT2D eigenvalue weighted by atomic mass is 10.2. The first-order valence-corrected chi connectivity index (χ1v) is 6.53. The van der Waals surface area contributed by atoms with Crippen LogP contribution in [-0.2, 0) is 6.18 Å². The lowest BCUT2D eigenvalue weighted by Crippen LogP contribution is -2.20. The first-order valence-electron chi connectivity index (χ1n) is 6.53. The summed E-state index contributed by atoms with van der Waals surface area (Å²) in [6.45, 7) is 0. The molecule has 23 heavy (non-hydrogen) atoms. The van der Waals surface area contributed by atoms with Crippen LogP contribution in [-0.4, -0.2) is 11.9 Å². The van der Waals surface area contributed by atoms with Crippen molar-refractivity contribution in [3.05, 3.63) is 53.6 Å². The van der Waals surface area contributed by atoms with Crippen molar-refractivity contribution < 1.29 is 22.8 Å². The molecule has 8 heteroatoms. The lowest BCUT2D eigenvalue weighted by Gasteiger charge is -2.11. The van der Waals surface area contributed by atoms with Gasteiger partial charge in [0.25, 0.3) is 5.91 Å². The number of benzene rings is 2. The van der Waals surface area contributed by atoms with Gasteiger partial charge in [-0.3, -0.25) is 4.79 Å². The van der Waals surface area contributed by atoms with E-state index < -0.39 is 17.8 Å². The number of alkyl halides is 3. The average Bonchev–Trinajstić information content (AvgIpc) is 2.77. The number of urea groups is 1. The van der Waals surface area contributed by atoms with Crippen LogP contribution in [0.15, 0.2) is 42.5 Å². The third-order valence-corrected chi connectivity index (χ3v) is 3.23. The van der Waals surface area contributed by atoms with E-state index >= 15 is 0 Å². The van der Waals surface area contributed by atoms with Crippen LogP contribution in [0, 0.1) is 0 Å². The van der Waals surface area contributed by atoms with Gasteiger partial charge in [-0.2, -0.15) is 13.2 Å². The highest BCUT2D eigenvalue weighted by molar-refractivity contribution is 6.13. The van der Waals surface area contributed by atoms with Crippen LogP contribution < -0.4 is 16.0 Å². The number of fused-ring (bicyclic) bond motifs is 2. The maximum absolute atomic E-state index is 12.6. The molecule has 3 N–H and O–H groups in total. The molecule has 1 aliphatic heterocycles. The Morgan fingerprint density at radius 3 is 2.57 bits per heavy atom. The van der Waals surface area contributed by atoms with Gasteiger partial charge in [0.05, 0.1) is 16.9 Å². The minimum absolute atomic E-state index is 0.00871. The van der Waals surface area contributed by atoms with E-state index in [0.717, 1.165) is 12.1 Å². The van der Waals surface area contributed by atoms with E-state index in [1.54, 1.807) is 6.07 Å². The minimum atomic E-state index is -4.49. The zero-order valence-electron chi connectivity index (χ0n) is 11.5. The number of carbonyl (C=O) groups excluding carboxylic acids is 2. The molecule has 3 rings (SSSR count). The third kappa shape index (κ3) is 3.10. The molecule has 2 aromatic rings. The number of amides is 3. The van der Waals surface area contributed by atoms with Crippen LogP contribution in [0.5, 0.6) is 0 Å². The fourth-order valence-corrected chi connectivity index (χ4v) is 2.15. The van der Waals surface area contributed by atoms with Gasteiger partial charge in [-0.1, -0.05) is 6.07 Å². The first-order chi connectivity index (χ1) is 10.8. The Balaban J connectivity index is 1.71. The molecule has 2 aromatic carbocycles. The molecule has 0 aromatic heterocycles. The van der Waals surface area contributed by atoms with Gasteiger partial charge in [-0.15, -0.1) is 0 Å². The molecular weight excluding hydrogens is 311 g/mol. The fourth-order valence-electron chi connectivity index (χ4n) is 2.15. The summed E-state index contributed by atoms with van der Waals surface area (Å²) in [5, 5.41) is 7.35. The van der Waals surface area contributed by atoms with Crippen molar-refractivity contribution in [1.29, 1.82) is 0 Å². The maximum Gasteiger partial charge on any atom is 0.416 e. The Morgan fingerprint density at radius 2 is 1.83 bits per heavy atom. The zero-order valence-corrected chi connectivity index (χ0v) is 11.5. The molecule has 0 unspecified atom stereocenters. The molecule has 0 atom stereocenters. The van der Waals surface area contributed by atoms with Crippen LogP contribution in [0.2, 0.25) is 0 Å². The second kappa shape index (κ2) is 5.31. The Bertz CT molecular complexity index is 803. The number of hydrogen-bond donors (Lipinski definition) is 3. The molecule has 1 heterocycles. The Morgan fingerprint density at radius 1 is 1.04 bits per heavy atom. The molecule has 0 saturated carbocycles. The smallest absolute Gasteiger partial charge is 0.320 e. The van der Waals surface area contributed by atoms with Crippen LogP contribution in [0.3, 0.4) is 0 Å². The zero-order chi connectivity index (χ0) is 16.6. The van der Waals surface area contributed by atoms with Crippen molar-refractivity contribution in [2.45, 2.75) is 6.18 Å². The van der Waals surface area contributed by atoms with Crippen LogP contribution in [0.4, 0.5) is 35.0 Å². The maximum atomic E-state index is 12.6. The summed E-state index contributed by atoms with van der Waals surface area (Å²) in [4.78, 5) is 23.3. The summed E-state index contributed by atoms with van der Waals surface area (Å²) in [6.07, 6.45) is -4.49. The molecule has 118 valence electrons. The molecule has 0 fully saturated rings. The van der Waals surface area contributed by atoms with Crippen molar-refractivity contribution in [1.82, 2.24) is 0 Å². The van der Waals surface area contributed by atoms with Crippen molar-refractivity contribution in [3.63, 3.8) is 0 Å². The van der Waals surface area contributed by atoms with E-state index in [1.807, 2.05) is 0 Å². The van der Waals surface area contributed by atoms with Crippen LogP contribution in [0.25, 0.3) is 0 Å². The normalized spacial score (nSPS) is 12.7. The number of hydrogen-bond acceptors (Lipinski definition) is 2. The van der Waals surface area contributed by atoms with Crippen LogP contribution in [0.1, 0.15) is 15.9 Å². The average molecular weight is 321 g/mol. The van der Waals surface area contributed by atoms with E-state index in [1.165, 1.54) is 24.3 Å². The number of rotatable bonds is 2. The predicted molar refractivity (Wildman–Crippen MR) is 78.5 cm³/mol. The quantitative estimate of drug-likeness (QED) is 0.785. The van der Waals surface area contributed by atoms with Gasteiger partial charge in [0, 0.05) is 11.3 Å². The number of nitrogens with one attached hydrogen (secondary N) is 3. The lowest BCUT2D eigenvalue weighted by molar-refractivity contribution is -0.137. The van der Waals surface area contributed by atoms with Crippen molar-refractivity contribution >= 4 is 29.0 Å². The largest absolute Gasteiger partial charge is 0.416 e. The van der Waals surface area contributed by atoms with Gasteiger partial charge < -0.3 is 16.0 Å². The van der Waals surface area contributed by atoms with Crippen molar-refractivity contribution in [2.24, 2.45) is 0 Å². The molecule has 0 saturated heterocycles. The number of anilines is 3. The molecule has 2 bridgehead atoms. The summed E-state index contributed by atoms with van der Waals surface area (Å²) >= 11 is 0. The highest BCUT2D eigenvalue weighted by atomic mass is 19.4. The topological polar surface area (TPSA) is 70.2 Å². The first kappa shape index (κ1) is 14.9. The van der Waals surface area contributed by atoms with Gasteiger partial charge >= 0.3 is 12.2 Å².